The molecule has 2 saturated carbocycles. The maximum absolute atomic E-state index is 12.3. The quantitative estimate of drug-likeness (QED) is 0.441. The lowest BCUT2D eigenvalue weighted by Crippen LogP contribution is -2.42. The monoisotopic (exact) mass is 368 g/mol. The molecule has 4 atom stereocenters. The van der Waals surface area contributed by atoms with Gasteiger partial charge in [-0.05, 0) is 38.0 Å². The van der Waals surface area contributed by atoms with E-state index in [1.165, 1.54) is 11.1 Å². The van der Waals surface area contributed by atoms with Crippen molar-refractivity contribution < 1.29 is 27.1 Å². The molecule has 0 aromatic rings. The summed E-state index contributed by atoms with van der Waals surface area (Å²) in [6.07, 6.45) is 7.06. The van der Waals surface area contributed by atoms with E-state index in [4.69, 9.17) is 4.55 Å². The molecule has 0 aliphatic heterocycles. The highest BCUT2D eigenvalue weighted by Gasteiger charge is 2.53. The Hall–Kier alpha value is -1.02. The summed E-state index contributed by atoms with van der Waals surface area (Å²) in [6.45, 7) is 2.10. The average molecular weight is 368 g/mol. The summed E-state index contributed by atoms with van der Waals surface area (Å²) in [7, 11) is -4.69. The molecule has 0 bridgehead atoms. The Kier molecular flexibility index (Phi) is 3.82. The van der Waals surface area contributed by atoms with E-state index in [0.717, 1.165) is 24.8 Å². The molecule has 0 spiro atoms. The molecule has 0 saturated heterocycles. The number of fused-ring (bicyclic) bond motifs is 4. The molecule has 0 aromatic carbocycles. The molecule has 25 heavy (non-hydrogen) atoms. The molecule has 4 aliphatic carbocycles. The fourth-order valence-corrected chi connectivity index (χ4v) is 6.14. The summed E-state index contributed by atoms with van der Waals surface area (Å²) in [6, 6.07) is 0. The summed E-state index contributed by atoms with van der Waals surface area (Å²) in [4.78, 5) is 12.3. The molecule has 2 N–H and O–H groups in total. The lowest BCUT2D eigenvalue weighted by Gasteiger charge is -2.46. The number of carbonyl (C=O) groups is 1. The van der Waals surface area contributed by atoms with Crippen LogP contribution < -0.4 is 0 Å². The second-order valence-corrected chi connectivity index (χ2v) is 9.22. The third-order valence-electron chi connectivity index (χ3n) is 6.82. The van der Waals surface area contributed by atoms with Gasteiger partial charge in [0.25, 0.3) is 0 Å². The normalized spacial score (nSPS) is 41.1. The molecular formula is C18H24O6S. The van der Waals surface area contributed by atoms with Crippen molar-refractivity contribution >= 4 is 16.2 Å². The van der Waals surface area contributed by atoms with Crippen LogP contribution in [0.5, 0.6) is 0 Å². The molecular weight excluding hydrogens is 344 g/mol. The van der Waals surface area contributed by atoms with Crippen LogP contribution in [0.1, 0.15) is 58.3 Å². The van der Waals surface area contributed by atoms with Gasteiger partial charge in [-0.2, -0.15) is 8.42 Å². The van der Waals surface area contributed by atoms with Crippen LogP contribution in [-0.2, 0) is 19.4 Å². The van der Waals surface area contributed by atoms with Crippen molar-refractivity contribution in [2.24, 2.45) is 17.3 Å². The summed E-state index contributed by atoms with van der Waals surface area (Å²) in [5.41, 5.74) is 3.45. The van der Waals surface area contributed by atoms with Gasteiger partial charge in [0, 0.05) is 30.6 Å². The molecule has 6 nitrogen and oxygen atoms in total. The van der Waals surface area contributed by atoms with Crippen LogP contribution in [0.15, 0.2) is 22.8 Å². The summed E-state index contributed by atoms with van der Waals surface area (Å²) >= 11 is 0. The molecule has 4 rings (SSSR count). The van der Waals surface area contributed by atoms with Gasteiger partial charge in [-0.3, -0.25) is 9.35 Å². The minimum absolute atomic E-state index is 0.100. The van der Waals surface area contributed by atoms with Crippen molar-refractivity contribution in [2.75, 3.05) is 0 Å². The van der Waals surface area contributed by atoms with Crippen molar-refractivity contribution in [3.63, 3.8) is 0 Å². The van der Waals surface area contributed by atoms with Gasteiger partial charge in [-0.1, -0.05) is 29.7 Å². The Bertz CT molecular complexity index is 794. The van der Waals surface area contributed by atoms with Gasteiger partial charge in [0.2, 0.25) is 0 Å². The summed E-state index contributed by atoms with van der Waals surface area (Å²) in [5, 5.41) is 10.4. The maximum Gasteiger partial charge on any atom is 0.400 e. The van der Waals surface area contributed by atoms with E-state index in [9.17, 15) is 18.3 Å². The van der Waals surface area contributed by atoms with Gasteiger partial charge in [0.15, 0.2) is 5.79 Å². The van der Waals surface area contributed by atoms with Crippen molar-refractivity contribution in [3.05, 3.63) is 22.8 Å². The number of rotatable bonds is 2. The number of Topliss-reactive ketones (excluding diaryl/α,β-unsaturated/α-hetero) is 1. The predicted molar refractivity (Wildman–Crippen MR) is 89.7 cm³/mol. The zero-order valence-electron chi connectivity index (χ0n) is 14.3. The highest BCUT2D eigenvalue weighted by molar-refractivity contribution is 7.80. The molecule has 7 heteroatoms. The number of aliphatic hydroxyl groups is 1. The highest BCUT2D eigenvalue weighted by atomic mass is 32.3. The third-order valence-corrected chi connectivity index (χ3v) is 7.34. The predicted octanol–water partition coefficient (Wildman–Crippen LogP) is 2.70. The Morgan fingerprint density at radius 3 is 2.72 bits per heavy atom. The molecule has 4 aliphatic rings. The van der Waals surface area contributed by atoms with Gasteiger partial charge in [0.05, 0.1) is 0 Å². The molecule has 0 aromatic heterocycles. The lowest BCUT2D eigenvalue weighted by molar-refractivity contribution is -0.146. The van der Waals surface area contributed by atoms with E-state index >= 15 is 0 Å². The van der Waals surface area contributed by atoms with E-state index in [2.05, 4.69) is 17.2 Å². The first kappa shape index (κ1) is 17.4. The number of allylic oxidation sites excluding steroid dienone is 3. The Morgan fingerprint density at radius 2 is 2.00 bits per heavy atom. The second kappa shape index (κ2) is 5.49. The van der Waals surface area contributed by atoms with Gasteiger partial charge >= 0.3 is 10.4 Å². The molecule has 0 radical (unpaired) electrons. The number of carbonyl (C=O) groups excluding carboxylic acids is 1. The average Bonchev–Trinajstić information content (AvgIpc) is 2.80. The van der Waals surface area contributed by atoms with Gasteiger partial charge in [-0.25, -0.2) is 4.18 Å². The minimum atomic E-state index is -4.69. The molecule has 2 fully saturated rings. The van der Waals surface area contributed by atoms with Crippen LogP contribution >= 0.6 is 0 Å². The SMILES string of the molecule is C[C@]12CC[C@@H]3C(=CCC4=C3CC[C@@](O)(OS(=O)(=O)O)C4)C1CCC2=O. The smallest absolute Gasteiger partial charge is 0.364 e. The first-order valence-corrected chi connectivity index (χ1v) is 10.3. The van der Waals surface area contributed by atoms with Crippen LogP contribution in [0.25, 0.3) is 0 Å². The van der Waals surface area contributed by atoms with Gasteiger partial charge in [0.1, 0.15) is 5.78 Å². The van der Waals surface area contributed by atoms with Crippen molar-refractivity contribution in [1.82, 2.24) is 0 Å². The molecule has 138 valence electrons. The topological polar surface area (TPSA) is 101 Å². The standard InChI is InChI=1S/C18H24O6S/c1-17-8-6-13-12-7-9-18(20,24-25(21,22)23)10-11(12)2-3-14(13)15(17)4-5-16(17)19/h3,13,15,20H,2,4-10H2,1H3,(H,21,22,23)/t13-,15?,17-,18+/m0/s1. The Labute approximate surface area is 147 Å². The van der Waals surface area contributed by atoms with Crippen molar-refractivity contribution in [3.8, 4) is 0 Å². The summed E-state index contributed by atoms with van der Waals surface area (Å²) in [5.74, 6) is -0.841. The van der Waals surface area contributed by atoms with Crippen LogP contribution in [-0.4, -0.2) is 29.6 Å². The molecule has 1 unspecified atom stereocenters. The Morgan fingerprint density at radius 1 is 1.24 bits per heavy atom. The molecule has 0 heterocycles. The first-order valence-electron chi connectivity index (χ1n) is 8.96. The van der Waals surface area contributed by atoms with E-state index in [-0.39, 0.29) is 18.3 Å². The largest absolute Gasteiger partial charge is 0.400 e. The van der Waals surface area contributed by atoms with Gasteiger partial charge < -0.3 is 5.11 Å². The Balaban J connectivity index is 1.60. The summed E-state index contributed by atoms with van der Waals surface area (Å²) < 4.78 is 35.4. The van der Waals surface area contributed by atoms with E-state index < -0.39 is 16.2 Å². The van der Waals surface area contributed by atoms with E-state index in [1.807, 2.05) is 0 Å². The fourth-order valence-electron chi connectivity index (χ4n) is 5.61. The van der Waals surface area contributed by atoms with Crippen LogP contribution in [0.4, 0.5) is 0 Å². The zero-order chi connectivity index (χ0) is 18.0. The van der Waals surface area contributed by atoms with Crippen LogP contribution in [0.2, 0.25) is 0 Å². The second-order valence-electron chi connectivity index (χ2n) is 8.19. The van der Waals surface area contributed by atoms with Crippen LogP contribution in [0, 0.1) is 17.3 Å². The van der Waals surface area contributed by atoms with Crippen molar-refractivity contribution in [1.29, 1.82) is 0 Å². The van der Waals surface area contributed by atoms with E-state index in [1.54, 1.807) is 0 Å². The number of ketones is 1. The fraction of sp³-hybridized carbons (Fsp3) is 0.722. The number of hydrogen-bond acceptors (Lipinski definition) is 5. The lowest BCUT2D eigenvalue weighted by atomic mass is 9.58. The van der Waals surface area contributed by atoms with E-state index in [0.29, 0.717) is 36.9 Å². The third kappa shape index (κ3) is 2.81. The number of hydrogen-bond donors (Lipinski definition) is 2. The first-order chi connectivity index (χ1) is 11.6. The molecule has 0 amide bonds. The zero-order valence-corrected chi connectivity index (χ0v) is 15.1. The van der Waals surface area contributed by atoms with Crippen LogP contribution in [0.3, 0.4) is 0 Å². The highest BCUT2D eigenvalue weighted by Crippen LogP contribution is 2.58. The van der Waals surface area contributed by atoms with Gasteiger partial charge in [-0.15, -0.1) is 0 Å². The minimum Gasteiger partial charge on any atom is -0.364 e. The van der Waals surface area contributed by atoms with Crippen molar-refractivity contribution in [2.45, 2.75) is 64.1 Å². The maximum atomic E-state index is 12.3.